The molecule has 0 unspecified atom stereocenters. The van der Waals surface area contributed by atoms with Crippen LogP contribution in [0.3, 0.4) is 0 Å². The second-order valence-electron chi connectivity index (χ2n) is 8.28. The van der Waals surface area contributed by atoms with Crippen LogP contribution in [0.2, 0.25) is 0 Å². The Morgan fingerprint density at radius 2 is 1.79 bits per heavy atom. The first-order valence-corrected chi connectivity index (χ1v) is 12.7. The van der Waals surface area contributed by atoms with Crippen molar-refractivity contribution < 1.29 is 31.6 Å². The Morgan fingerprint density at radius 3 is 2.37 bits per heavy atom. The van der Waals surface area contributed by atoms with Crippen LogP contribution in [0.5, 0.6) is 0 Å². The highest BCUT2D eigenvalue weighted by Crippen LogP contribution is 2.33. The Bertz CT molecular complexity index is 1400. The van der Waals surface area contributed by atoms with Gasteiger partial charge in [0, 0.05) is 12.1 Å². The second kappa shape index (κ2) is 11.6. The number of carbonyl (C=O) groups is 1. The molecule has 204 valence electrons. The molecule has 15 heteroatoms. The molecule has 1 heterocycles. The van der Waals surface area contributed by atoms with Gasteiger partial charge in [-0.1, -0.05) is 29.8 Å². The molecule has 0 saturated carbocycles. The predicted molar refractivity (Wildman–Crippen MR) is 133 cm³/mol. The van der Waals surface area contributed by atoms with E-state index in [-0.39, 0.29) is 35.2 Å². The Labute approximate surface area is 216 Å². The molecule has 2 aromatic carbocycles. The molecule has 0 fully saturated rings. The van der Waals surface area contributed by atoms with Gasteiger partial charge < -0.3 is 11.5 Å². The number of hydrogen-bond donors (Lipinski definition) is 5. The van der Waals surface area contributed by atoms with Gasteiger partial charge in [-0.3, -0.25) is 15.0 Å². The second-order valence-corrected chi connectivity index (χ2v) is 9.96. The quantitative estimate of drug-likeness (QED) is 0.116. The minimum atomic E-state index is -4.69. The monoisotopic (exact) mass is 553 g/mol. The molecule has 0 spiro atoms. The van der Waals surface area contributed by atoms with E-state index in [1.165, 1.54) is 12.1 Å². The number of alkyl halides is 3. The van der Waals surface area contributed by atoms with E-state index in [2.05, 4.69) is 10.1 Å². The molecule has 0 aliphatic rings. The number of aliphatic imine (C=N–C) groups is 1. The third kappa shape index (κ3) is 7.08. The van der Waals surface area contributed by atoms with Gasteiger partial charge in [-0.25, -0.2) is 23.3 Å². The van der Waals surface area contributed by atoms with Crippen molar-refractivity contribution >= 4 is 21.9 Å². The van der Waals surface area contributed by atoms with Crippen LogP contribution in [-0.2, 0) is 21.0 Å². The molecule has 0 radical (unpaired) electrons. The number of nitrogens with zero attached hydrogens (tertiary/aromatic N) is 3. The van der Waals surface area contributed by atoms with Crippen LogP contribution in [-0.4, -0.2) is 47.9 Å². The molecule has 11 nitrogen and oxygen atoms in total. The Kier molecular flexibility index (Phi) is 8.75. The molecule has 3 aromatic rings. The number of carbonyl (C=O) groups excluding carboxylic acids is 1. The summed E-state index contributed by atoms with van der Waals surface area (Å²) in [5.74, 6) is -1.17. The van der Waals surface area contributed by atoms with Gasteiger partial charge >= 0.3 is 6.18 Å². The summed E-state index contributed by atoms with van der Waals surface area (Å²) in [6.45, 7) is 1.98. The van der Waals surface area contributed by atoms with E-state index in [4.69, 9.17) is 16.7 Å². The minimum Gasteiger partial charge on any atom is -0.368 e. The summed E-state index contributed by atoms with van der Waals surface area (Å²) in [6.07, 6.45) is -4.31. The first-order valence-electron chi connectivity index (χ1n) is 11.2. The number of halogens is 3. The van der Waals surface area contributed by atoms with Crippen LogP contribution < -0.4 is 21.7 Å². The Morgan fingerprint density at radius 1 is 1.16 bits per heavy atom. The topological polar surface area (TPSA) is 178 Å². The van der Waals surface area contributed by atoms with Crippen LogP contribution >= 0.6 is 0 Å². The lowest BCUT2D eigenvalue weighted by Crippen LogP contribution is -2.43. The lowest BCUT2D eigenvalue weighted by molar-refractivity contribution is -0.141. The van der Waals surface area contributed by atoms with Crippen LogP contribution in [0, 0.1) is 6.92 Å². The van der Waals surface area contributed by atoms with Crippen LogP contribution in [0.4, 0.5) is 13.2 Å². The van der Waals surface area contributed by atoms with E-state index in [1.54, 1.807) is 29.7 Å². The molecular weight excluding hydrogens is 527 g/mol. The number of nitrogens with two attached hydrogens (primary N) is 2. The van der Waals surface area contributed by atoms with E-state index in [9.17, 15) is 26.4 Å². The zero-order chi connectivity index (χ0) is 28.1. The maximum absolute atomic E-state index is 13.4. The number of benzene rings is 2. The van der Waals surface area contributed by atoms with Crippen molar-refractivity contribution in [3.05, 3.63) is 65.9 Å². The minimum absolute atomic E-state index is 0.0884. The first kappa shape index (κ1) is 28.6. The van der Waals surface area contributed by atoms with E-state index < -0.39 is 33.8 Å². The summed E-state index contributed by atoms with van der Waals surface area (Å²) in [6, 6.07) is 11.4. The SMILES string of the molecule is Cc1ccc(-c2cc(C(F)(F)F)nn2-c2ccc(S(=O)(=O)NC(=O)[C@@H](N)CCCN=C(N)NO)cc2)cc1. The van der Waals surface area contributed by atoms with Crippen molar-refractivity contribution in [1.82, 2.24) is 20.0 Å². The van der Waals surface area contributed by atoms with Crippen LogP contribution in [0.15, 0.2) is 64.5 Å². The standard InChI is InChI=1S/C23H26F3N7O4S/c1-14-4-6-15(7-5-14)19-13-20(23(24,25)26)30-33(19)16-8-10-17(11-9-16)38(36,37)32-21(34)18(27)3-2-12-29-22(28)31-35/h4-11,13,18,35H,2-3,12,27H2,1H3,(H,32,34)(H3,28,29,31)/t18-/m0/s1. The van der Waals surface area contributed by atoms with Crippen molar-refractivity contribution in [3.63, 3.8) is 0 Å². The third-order valence-electron chi connectivity index (χ3n) is 5.38. The zero-order valence-electron chi connectivity index (χ0n) is 20.1. The highest BCUT2D eigenvalue weighted by molar-refractivity contribution is 7.90. The van der Waals surface area contributed by atoms with Gasteiger partial charge in [-0.2, -0.15) is 18.3 Å². The number of aryl methyl sites for hydroxylation is 1. The lowest BCUT2D eigenvalue weighted by Gasteiger charge is -2.13. The Hall–Kier alpha value is -3.95. The highest BCUT2D eigenvalue weighted by Gasteiger charge is 2.35. The molecule has 0 aliphatic carbocycles. The molecule has 0 aliphatic heterocycles. The zero-order valence-corrected chi connectivity index (χ0v) is 20.9. The van der Waals surface area contributed by atoms with Gasteiger partial charge in [0.25, 0.3) is 15.9 Å². The smallest absolute Gasteiger partial charge is 0.368 e. The van der Waals surface area contributed by atoms with Crippen LogP contribution in [0.1, 0.15) is 24.1 Å². The molecule has 3 rings (SSSR count). The summed E-state index contributed by atoms with van der Waals surface area (Å²) in [5, 5.41) is 12.2. The van der Waals surface area contributed by atoms with E-state index in [1.807, 2.05) is 11.6 Å². The normalized spacial score (nSPS) is 13.3. The van der Waals surface area contributed by atoms with Gasteiger partial charge in [0.05, 0.1) is 22.3 Å². The van der Waals surface area contributed by atoms with Gasteiger partial charge in [0.15, 0.2) is 5.69 Å². The summed E-state index contributed by atoms with van der Waals surface area (Å²) in [5.41, 5.74) is 13.3. The molecule has 1 amide bonds. The van der Waals surface area contributed by atoms with E-state index in [0.29, 0.717) is 12.0 Å². The fourth-order valence-electron chi connectivity index (χ4n) is 3.36. The fraction of sp³-hybridized carbons (Fsp3) is 0.261. The van der Waals surface area contributed by atoms with Gasteiger partial charge in [0.2, 0.25) is 5.96 Å². The fourth-order valence-corrected chi connectivity index (χ4v) is 4.39. The maximum Gasteiger partial charge on any atom is 0.435 e. The van der Waals surface area contributed by atoms with E-state index >= 15 is 0 Å². The number of aromatic nitrogens is 2. The van der Waals surface area contributed by atoms with Crippen molar-refractivity contribution in [2.75, 3.05) is 6.54 Å². The van der Waals surface area contributed by atoms with Gasteiger partial charge in [-0.15, -0.1) is 0 Å². The number of rotatable bonds is 9. The molecule has 7 N–H and O–H groups in total. The number of guanidine groups is 1. The summed E-state index contributed by atoms with van der Waals surface area (Å²) in [4.78, 5) is 15.7. The third-order valence-corrected chi connectivity index (χ3v) is 6.74. The maximum atomic E-state index is 13.4. The highest BCUT2D eigenvalue weighted by atomic mass is 32.2. The molecule has 0 bridgehead atoms. The largest absolute Gasteiger partial charge is 0.435 e. The molecule has 1 atom stereocenters. The summed E-state index contributed by atoms with van der Waals surface area (Å²) >= 11 is 0. The number of hydrogen-bond acceptors (Lipinski definition) is 7. The lowest BCUT2D eigenvalue weighted by atomic mass is 10.1. The summed E-state index contributed by atoms with van der Waals surface area (Å²) < 4.78 is 68.5. The van der Waals surface area contributed by atoms with E-state index in [0.717, 1.165) is 28.4 Å². The van der Waals surface area contributed by atoms with Crippen molar-refractivity contribution in [1.29, 1.82) is 0 Å². The Balaban J connectivity index is 1.79. The van der Waals surface area contributed by atoms with Gasteiger partial charge in [0.1, 0.15) is 0 Å². The molecule has 0 saturated heterocycles. The first-order chi connectivity index (χ1) is 17.8. The predicted octanol–water partition coefficient (Wildman–Crippen LogP) is 2.07. The van der Waals surface area contributed by atoms with Crippen molar-refractivity contribution in [2.45, 2.75) is 36.9 Å². The van der Waals surface area contributed by atoms with Gasteiger partial charge in [-0.05, 0) is 50.1 Å². The van der Waals surface area contributed by atoms with Crippen molar-refractivity contribution in [3.8, 4) is 16.9 Å². The number of sulfonamides is 1. The number of hydroxylamine groups is 1. The van der Waals surface area contributed by atoms with Crippen molar-refractivity contribution in [2.24, 2.45) is 16.5 Å². The van der Waals surface area contributed by atoms with Crippen LogP contribution in [0.25, 0.3) is 16.9 Å². The molecular formula is C23H26F3N7O4S. The molecule has 38 heavy (non-hydrogen) atoms. The summed E-state index contributed by atoms with van der Waals surface area (Å²) in [7, 11) is -4.32. The number of nitrogens with one attached hydrogen (secondary N) is 2. The average Bonchev–Trinajstić information content (AvgIpc) is 3.33. The molecule has 1 aromatic heterocycles. The number of amides is 1. The average molecular weight is 554 g/mol.